The fourth-order valence-electron chi connectivity index (χ4n) is 3.95. The fraction of sp³-hybridized carbons (Fsp3) is 0.417. The molecule has 1 aliphatic heterocycles. The van der Waals surface area contributed by atoms with Gasteiger partial charge in [-0.1, -0.05) is 35.1 Å². The van der Waals surface area contributed by atoms with Crippen LogP contribution < -0.4 is 10.2 Å². The Labute approximate surface area is 203 Å². The van der Waals surface area contributed by atoms with Crippen LogP contribution in [-0.2, 0) is 6.42 Å². The van der Waals surface area contributed by atoms with Gasteiger partial charge in [0.2, 0.25) is 0 Å². The van der Waals surface area contributed by atoms with Crippen LogP contribution in [0.5, 0.6) is 0 Å². The lowest BCUT2D eigenvalue weighted by molar-refractivity contribution is 0.0996. The van der Waals surface area contributed by atoms with Gasteiger partial charge in [-0.2, -0.15) is 0 Å². The Morgan fingerprint density at radius 2 is 1.94 bits per heavy atom. The summed E-state index contributed by atoms with van der Waals surface area (Å²) in [7, 11) is 0. The largest absolute Gasteiger partial charge is 0.354 e. The third kappa shape index (κ3) is 5.69. The lowest BCUT2D eigenvalue weighted by Crippen LogP contribution is -2.49. The molecule has 1 aromatic carbocycles. The van der Waals surface area contributed by atoms with Crippen molar-refractivity contribution in [1.29, 1.82) is 0 Å². The molecule has 3 aromatic rings. The number of hydrogen-bond donors (Lipinski definition) is 1. The lowest BCUT2D eigenvalue weighted by Gasteiger charge is -2.37. The maximum Gasteiger partial charge on any atom is 0.188 e. The van der Waals surface area contributed by atoms with E-state index in [1.165, 1.54) is 11.3 Å². The highest BCUT2D eigenvalue weighted by molar-refractivity contribution is 7.17. The molecule has 0 unspecified atom stereocenters. The number of Topliss-reactive ketones (excluding diaryl/α,β-unsaturated/α-hetero) is 1. The van der Waals surface area contributed by atoms with Crippen molar-refractivity contribution in [3.05, 3.63) is 57.3 Å². The number of nitrogens with one attached hydrogen (secondary N) is 1. The summed E-state index contributed by atoms with van der Waals surface area (Å²) >= 11 is 7.62. The number of carbonyl (C=O) groups excluding carboxylic acids is 1. The van der Waals surface area contributed by atoms with Crippen LogP contribution in [-0.4, -0.2) is 57.9 Å². The van der Waals surface area contributed by atoms with E-state index in [4.69, 9.17) is 11.6 Å². The first kappa shape index (κ1) is 23.6. The zero-order valence-electron chi connectivity index (χ0n) is 19.4. The molecule has 1 fully saturated rings. The van der Waals surface area contributed by atoms with Gasteiger partial charge in [-0.05, 0) is 44.9 Å². The van der Waals surface area contributed by atoms with Gasteiger partial charge in [-0.15, -0.1) is 0 Å². The predicted molar refractivity (Wildman–Crippen MR) is 135 cm³/mol. The Kier molecular flexibility index (Phi) is 7.26. The van der Waals surface area contributed by atoms with E-state index in [1.54, 1.807) is 6.20 Å². The topological polar surface area (TPSA) is 74.2 Å². The summed E-state index contributed by atoms with van der Waals surface area (Å²) < 4.78 is 0. The molecule has 1 aliphatic rings. The van der Waals surface area contributed by atoms with E-state index in [0.717, 1.165) is 43.1 Å². The molecule has 0 atom stereocenters. The number of halogens is 1. The van der Waals surface area contributed by atoms with E-state index in [1.807, 2.05) is 38.1 Å². The second-order valence-corrected chi connectivity index (χ2v) is 10.0. The minimum absolute atomic E-state index is 0.000620. The molecule has 0 saturated carbocycles. The third-order valence-electron chi connectivity index (χ3n) is 5.90. The average Bonchev–Trinajstić information content (AvgIpc) is 3.24. The van der Waals surface area contributed by atoms with E-state index in [2.05, 4.69) is 43.9 Å². The second kappa shape index (κ2) is 10.2. The first-order chi connectivity index (χ1) is 15.8. The molecule has 0 radical (unpaired) electrons. The van der Waals surface area contributed by atoms with Crippen molar-refractivity contribution in [1.82, 2.24) is 19.9 Å². The van der Waals surface area contributed by atoms with Gasteiger partial charge >= 0.3 is 0 Å². The Balaban J connectivity index is 1.44. The quantitative estimate of drug-likeness (QED) is 0.478. The number of aromatic nitrogens is 3. The summed E-state index contributed by atoms with van der Waals surface area (Å²) in [6.45, 7) is 12.2. The highest BCUT2D eigenvalue weighted by atomic mass is 35.5. The van der Waals surface area contributed by atoms with Crippen molar-refractivity contribution in [2.24, 2.45) is 0 Å². The Bertz CT molecular complexity index is 1120. The van der Waals surface area contributed by atoms with Gasteiger partial charge in [-0.3, -0.25) is 9.69 Å². The molecule has 33 heavy (non-hydrogen) atoms. The molecule has 0 spiro atoms. The summed E-state index contributed by atoms with van der Waals surface area (Å²) in [5, 5.41) is 4.50. The molecule has 4 rings (SSSR count). The van der Waals surface area contributed by atoms with Crippen molar-refractivity contribution in [3.8, 4) is 0 Å². The van der Waals surface area contributed by atoms with E-state index in [9.17, 15) is 4.79 Å². The number of anilines is 3. The zero-order chi connectivity index (χ0) is 23.5. The van der Waals surface area contributed by atoms with E-state index >= 15 is 0 Å². The normalized spacial score (nSPS) is 14.7. The van der Waals surface area contributed by atoms with Crippen molar-refractivity contribution in [2.45, 2.75) is 40.2 Å². The average molecular weight is 485 g/mol. The smallest absolute Gasteiger partial charge is 0.188 e. The number of rotatable bonds is 7. The standard InChI is InChI=1S/C24H29ClN6OS/c1-15(2)30-8-10-31(11-9-30)23-13-22(27-17(4)28-23)29-24-26-14-21(33-24)20(32)12-18-16(3)6-5-7-19(18)25/h5-7,13-15H,8-12H2,1-4H3,(H,26,27,28,29). The van der Waals surface area contributed by atoms with Gasteiger partial charge in [0.15, 0.2) is 10.9 Å². The number of ketones is 1. The van der Waals surface area contributed by atoms with Gasteiger partial charge in [0, 0.05) is 49.7 Å². The van der Waals surface area contributed by atoms with Crippen LogP contribution in [0.4, 0.5) is 16.8 Å². The van der Waals surface area contributed by atoms with Gasteiger partial charge in [0.05, 0.1) is 11.1 Å². The first-order valence-corrected chi connectivity index (χ1v) is 12.3. The monoisotopic (exact) mass is 484 g/mol. The molecular formula is C24H29ClN6OS. The van der Waals surface area contributed by atoms with Crippen LogP contribution in [0.15, 0.2) is 30.5 Å². The Morgan fingerprint density at radius 1 is 1.18 bits per heavy atom. The number of aryl methyl sites for hydroxylation is 2. The van der Waals surface area contributed by atoms with Gasteiger partial charge < -0.3 is 10.2 Å². The van der Waals surface area contributed by atoms with Crippen LogP contribution in [0, 0.1) is 13.8 Å². The lowest BCUT2D eigenvalue weighted by atomic mass is 10.0. The molecule has 7 nitrogen and oxygen atoms in total. The predicted octanol–water partition coefficient (Wildman–Crippen LogP) is 4.90. The van der Waals surface area contributed by atoms with Crippen molar-refractivity contribution in [3.63, 3.8) is 0 Å². The summed E-state index contributed by atoms with van der Waals surface area (Å²) in [5.41, 5.74) is 1.87. The molecule has 9 heteroatoms. The molecule has 1 N–H and O–H groups in total. The SMILES string of the molecule is Cc1nc(Nc2ncc(C(=O)Cc3c(C)cccc3Cl)s2)cc(N2CCN(C(C)C)CC2)n1. The first-order valence-electron chi connectivity index (χ1n) is 11.1. The van der Waals surface area contributed by atoms with Crippen LogP contribution in [0.1, 0.15) is 40.5 Å². The number of thiazole rings is 1. The zero-order valence-corrected chi connectivity index (χ0v) is 21.0. The van der Waals surface area contributed by atoms with Crippen LogP contribution in [0.2, 0.25) is 5.02 Å². The Morgan fingerprint density at radius 3 is 2.64 bits per heavy atom. The van der Waals surface area contributed by atoms with E-state index in [-0.39, 0.29) is 12.2 Å². The summed E-state index contributed by atoms with van der Waals surface area (Å²) in [5.74, 6) is 2.29. The summed E-state index contributed by atoms with van der Waals surface area (Å²) in [6.07, 6.45) is 1.87. The number of hydrogen-bond acceptors (Lipinski definition) is 8. The van der Waals surface area contributed by atoms with Crippen LogP contribution in [0.3, 0.4) is 0 Å². The molecule has 0 bridgehead atoms. The van der Waals surface area contributed by atoms with Crippen molar-refractivity contribution in [2.75, 3.05) is 36.4 Å². The number of carbonyl (C=O) groups is 1. The maximum atomic E-state index is 12.8. The second-order valence-electron chi connectivity index (χ2n) is 8.57. The van der Waals surface area contributed by atoms with Crippen molar-refractivity contribution < 1.29 is 4.79 Å². The Hall–Kier alpha value is -2.55. The minimum Gasteiger partial charge on any atom is -0.354 e. The molecule has 2 aromatic heterocycles. The fourth-order valence-corrected chi connectivity index (χ4v) is 5.00. The molecule has 0 amide bonds. The van der Waals surface area contributed by atoms with Gasteiger partial charge in [0.1, 0.15) is 17.5 Å². The number of benzene rings is 1. The maximum absolute atomic E-state index is 12.8. The van der Waals surface area contributed by atoms with Crippen LogP contribution >= 0.6 is 22.9 Å². The van der Waals surface area contributed by atoms with Crippen LogP contribution in [0.25, 0.3) is 0 Å². The highest BCUT2D eigenvalue weighted by Gasteiger charge is 2.21. The minimum atomic E-state index is -0.000620. The number of nitrogens with zero attached hydrogens (tertiary/aromatic N) is 5. The van der Waals surface area contributed by atoms with E-state index in [0.29, 0.717) is 32.7 Å². The number of piperazine rings is 1. The molecule has 1 saturated heterocycles. The van der Waals surface area contributed by atoms with E-state index < -0.39 is 0 Å². The van der Waals surface area contributed by atoms with Gasteiger partial charge in [0.25, 0.3) is 0 Å². The molecule has 0 aliphatic carbocycles. The highest BCUT2D eigenvalue weighted by Crippen LogP contribution is 2.27. The molecule has 3 heterocycles. The molecular weight excluding hydrogens is 456 g/mol. The van der Waals surface area contributed by atoms with Gasteiger partial charge in [-0.25, -0.2) is 15.0 Å². The molecule has 174 valence electrons. The summed E-state index contributed by atoms with van der Waals surface area (Å²) in [6, 6.07) is 8.18. The van der Waals surface area contributed by atoms with Crippen molar-refractivity contribution >= 4 is 45.5 Å². The third-order valence-corrected chi connectivity index (χ3v) is 7.21. The summed E-state index contributed by atoms with van der Waals surface area (Å²) in [4.78, 5) is 31.7.